The lowest BCUT2D eigenvalue weighted by atomic mass is 10.2. The Hall–Kier alpha value is -3.95. The summed E-state index contributed by atoms with van der Waals surface area (Å²) in [6.45, 7) is 1.12. The van der Waals surface area contributed by atoms with Crippen molar-refractivity contribution in [3.05, 3.63) is 69.8 Å². The van der Waals surface area contributed by atoms with E-state index in [-0.39, 0.29) is 17.8 Å². The Bertz CT molecular complexity index is 928. The van der Waals surface area contributed by atoms with E-state index >= 15 is 0 Å². The van der Waals surface area contributed by atoms with Gasteiger partial charge in [-0.25, -0.2) is 4.79 Å². The number of benzene rings is 2. The molecule has 0 bridgehead atoms. The van der Waals surface area contributed by atoms with Gasteiger partial charge in [0.05, 0.1) is 12.0 Å². The molecule has 0 heterocycles. The summed E-state index contributed by atoms with van der Waals surface area (Å²) in [7, 11) is 1.55. The minimum atomic E-state index is -1.05. The number of esters is 1. The third-order valence-corrected chi connectivity index (χ3v) is 4.01. The van der Waals surface area contributed by atoms with Crippen LogP contribution in [0.5, 0.6) is 5.75 Å². The number of nitro groups is 1. The fraction of sp³-hybridized carbons (Fsp3) is 0.250. The van der Waals surface area contributed by atoms with Crippen LogP contribution in [0.2, 0.25) is 0 Å². The summed E-state index contributed by atoms with van der Waals surface area (Å²) in [6, 6.07) is 11.1. The minimum absolute atomic E-state index is 0.0288. The Labute approximate surface area is 172 Å². The van der Waals surface area contributed by atoms with Crippen molar-refractivity contribution in [1.29, 1.82) is 0 Å². The quantitative estimate of drug-likeness (QED) is 0.360. The van der Waals surface area contributed by atoms with Gasteiger partial charge in [0.15, 0.2) is 6.61 Å². The summed E-state index contributed by atoms with van der Waals surface area (Å²) < 4.78 is 9.94. The van der Waals surface area contributed by atoms with Gasteiger partial charge in [-0.3, -0.25) is 19.7 Å². The van der Waals surface area contributed by atoms with Gasteiger partial charge in [-0.15, -0.1) is 0 Å². The van der Waals surface area contributed by atoms with E-state index in [1.807, 2.05) is 0 Å². The van der Waals surface area contributed by atoms with Crippen molar-refractivity contribution in [1.82, 2.24) is 10.6 Å². The van der Waals surface area contributed by atoms with E-state index in [2.05, 4.69) is 10.6 Å². The molecule has 0 spiro atoms. The number of carbonyl (C=O) groups is 3. The lowest BCUT2D eigenvalue weighted by molar-refractivity contribution is -0.384. The molecule has 30 heavy (non-hydrogen) atoms. The molecule has 2 aromatic rings. The Morgan fingerprint density at radius 3 is 2.47 bits per heavy atom. The number of methoxy groups -OCH3 is 1. The van der Waals surface area contributed by atoms with Crippen LogP contribution in [0, 0.1) is 10.1 Å². The summed E-state index contributed by atoms with van der Waals surface area (Å²) in [6.07, 6.45) is 0. The van der Waals surface area contributed by atoms with Crippen molar-refractivity contribution in [2.45, 2.75) is 19.5 Å². The van der Waals surface area contributed by atoms with Crippen LogP contribution in [-0.4, -0.2) is 42.5 Å². The predicted molar refractivity (Wildman–Crippen MR) is 106 cm³/mol. The molecule has 2 rings (SSSR count). The minimum Gasteiger partial charge on any atom is -0.497 e. The first-order valence-corrected chi connectivity index (χ1v) is 8.91. The molecule has 2 N–H and O–H groups in total. The topological polar surface area (TPSA) is 137 Å². The van der Waals surface area contributed by atoms with E-state index in [9.17, 15) is 24.5 Å². The average molecular weight is 415 g/mol. The van der Waals surface area contributed by atoms with Crippen molar-refractivity contribution >= 4 is 23.5 Å². The van der Waals surface area contributed by atoms with Crippen molar-refractivity contribution in [2.75, 3.05) is 13.7 Å². The number of nitro benzene ring substituents is 1. The van der Waals surface area contributed by atoms with Gasteiger partial charge >= 0.3 is 5.97 Å². The molecule has 0 fully saturated rings. The van der Waals surface area contributed by atoms with Crippen LogP contribution < -0.4 is 15.4 Å². The van der Waals surface area contributed by atoms with E-state index in [4.69, 9.17) is 9.47 Å². The Balaban J connectivity index is 1.77. The van der Waals surface area contributed by atoms with E-state index in [0.29, 0.717) is 5.75 Å². The number of nitrogens with one attached hydrogen (secondary N) is 2. The number of carbonyl (C=O) groups excluding carboxylic acids is 3. The van der Waals surface area contributed by atoms with Gasteiger partial charge in [0.25, 0.3) is 17.5 Å². The van der Waals surface area contributed by atoms with Crippen LogP contribution in [0.25, 0.3) is 0 Å². The number of hydrogen-bond donors (Lipinski definition) is 2. The summed E-state index contributed by atoms with van der Waals surface area (Å²) in [5.74, 6) is -1.29. The molecule has 158 valence electrons. The predicted octanol–water partition coefficient (Wildman–Crippen LogP) is 1.58. The van der Waals surface area contributed by atoms with Crippen molar-refractivity contribution in [3.63, 3.8) is 0 Å². The molecule has 0 aliphatic heterocycles. The van der Waals surface area contributed by atoms with Gasteiger partial charge in [-0.1, -0.05) is 18.2 Å². The third kappa shape index (κ3) is 6.59. The highest BCUT2D eigenvalue weighted by Crippen LogP contribution is 2.13. The fourth-order valence-corrected chi connectivity index (χ4v) is 2.36. The maximum Gasteiger partial charge on any atom is 0.328 e. The maximum atomic E-state index is 12.1. The Kier molecular flexibility index (Phi) is 7.86. The monoisotopic (exact) mass is 415 g/mol. The number of rotatable bonds is 9. The Morgan fingerprint density at radius 1 is 1.13 bits per heavy atom. The van der Waals surface area contributed by atoms with Crippen LogP contribution in [0.15, 0.2) is 48.5 Å². The van der Waals surface area contributed by atoms with E-state index < -0.39 is 35.4 Å². The van der Waals surface area contributed by atoms with Gasteiger partial charge in [0.1, 0.15) is 11.8 Å². The lowest BCUT2D eigenvalue weighted by Gasteiger charge is -2.13. The van der Waals surface area contributed by atoms with Gasteiger partial charge < -0.3 is 20.1 Å². The zero-order valence-corrected chi connectivity index (χ0v) is 16.4. The van der Waals surface area contributed by atoms with Crippen LogP contribution >= 0.6 is 0 Å². The normalized spacial score (nSPS) is 11.1. The van der Waals surface area contributed by atoms with Crippen LogP contribution in [-0.2, 0) is 20.9 Å². The third-order valence-electron chi connectivity index (χ3n) is 4.01. The second-order valence-electron chi connectivity index (χ2n) is 6.24. The lowest BCUT2D eigenvalue weighted by Crippen LogP contribution is -2.41. The molecule has 0 unspecified atom stereocenters. The number of hydrogen-bond acceptors (Lipinski definition) is 7. The molecule has 2 aromatic carbocycles. The zero-order chi connectivity index (χ0) is 22.1. The second-order valence-corrected chi connectivity index (χ2v) is 6.24. The second kappa shape index (κ2) is 10.6. The highest BCUT2D eigenvalue weighted by molar-refractivity contribution is 5.97. The first kappa shape index (κ1) is 22.3. The smallest absolute Gasteiger partial charge is 0.328 e. The molecular formula is C20H21N3O7. The maximum absolute atomic E-state index is 12.1. The van der Waals surface area contributed by atoms with E-state index in [1.54, 1.807) is 31.4 Å². The first-order valence-electron chi connectivity index (χ1n) is 8.91. The van der Waals surface area contributed by atoms with Gasteiger partial charge in [0.2, 0.25) is 0 Å². The molecule has 0 saturated carbocycles. The summed E-state index contributed by atoms with van der Waals surface area (Å²) in [5, 5.41) is 15.8. The van der Waals surface area contributed by atoms with Crippen molar-refractivity contribution in [3.8, 4) is 5.75 Å². The molecule has 0 aliphatic rings. The molecule has 2 amide bonds. The standard InChI is InChI=1S/C20H21N3O7/c1-13(22-19(25)15-4-3-5-16(10-15)23(27)28)20(26)30-12-18(24)21-11-14-6-8-17(29-2)9-7-14/h3-10,13H,11-12H2,1-2H3,(H,21,24)(H,22,25)/t13-/m0/s1. The molecule has 1 atom stereocenters. The summed E-state index contributed by atoms with van der Waals surface area (Å²) in [5.41, 5.74) is 0.626. The Morgan fingerprint density at radius 2 is 1.83 bits per heavy atom. The van der Waals surface area contributed by atoms with E-state index in [1.165, 1.54) is 25.1 Å². The molecule has 0 aliphatic carbocycles. The SMILES string of the molecule is COc1ccc(CNC(=O)COC(=O)[C@H](C)NC(=O)c2cccc([N+](=O)[O-])c2)cc1. The zero-order valence-electron chi connectivity index (χ0n) is 16.4. The van der Waals surface area contributed by atoms with Crippen LogP contribution in [0.1, 0.15) is 22.8 Å². The fourth-order valence-electron chi connectivity index (χ4n) is 2.36. The highest BCUT2D eigenvalue weighted by Gasteiger charge is 2.20. The largest absolute Gasteiger partial charge is 0.497 e. The first-order chi connectivity index (χ1) is 14.3. The van der Waals surface area contributed by atoms with Crippen LogP contribution in [0.3, 0.4) is 0 Å². The van der Waals surface area contributed by atoms with E-state index in [0.717, 1.165) is 11.6 Å². The molecule has 0 radical (unpaired) electrons. The molecular weight excluding hydrogens is 394 g/mol. The average Bonchev–Trinajstić information content (AvgIpc) is 2.76. The molecule has 10 heteroatoms. The number of ether oxygens (including phenoxy) is 2. The van der Waals surface area contributed by atoms with Crippen molar-refractivity contribution in [2.24, 2.45) is 0 Å². The molecule has 10 nitrogen and oxygen atoms in total. The van der Waals surface area contributed by atoms with Gasteiger partial charge in [0, 0.05) is 24.2 Å². The molecule has 0 aromatic heterocycles. The highest BCUT2D eigenvalue weighted by atomic mass is 16.6. The van der Waals surface area contributed by atoms with Crippen LogP contribution in [0.4, 0.5) is 5.69 Å². The number of amides is 2. The van der Waals surface area contributed by atoms with Crippen molar-refractivity contribution < 1.29 is 28.8 Å². The summed E-state index contributed by atoms with van der Waals surface area (Å²) >= 11 is 0. The van der Waals surface area contributed by atoms with Gasteiger partial charge in [-0.2, -0.15) is 0 Å². The number of non-ortho nitro benzene ring substituents is 1. The number of nitrogens with zero attached hydrogens (tertiary/aromatic N) is 1. The van der Waals surface area contributed by atoms with Gasteiger partial charge in [-0.05, 0) is 30.7 Å². The summed E-state index contributed by atoms with van der Waals surface area (Å²) in [4.78, 5) is 46.1. The molecule has 0 saturated heterocycles.